The molecule has 0 bridgehead atoms. The van der Waals surface area contributed by atoms with Crippen molar-refractivity contribution in [2.24, 2.45) is 0 Å². The lowest BCUT2D eigenvalue weighted by atomic mass is 10.4. The summed E-state index contributed by atoms with van der Waals surface area (Å²) in [5.41, 5.74) is 0.234. The molecule has 2 aromatic heterocycles. The summed E-state index contributed by atoms with van der Waals surface area (Å²) in [6, 6.07) is 2.94. The van der Waals surface area contributed by atoms with E-state index in [2.05, 4.69) is 20.4 Å². The molecule has 0 saturated heterocycles. The highest BCUT2D eigenvalue weighted by Gasteiger charge is 2.03. The van der Waals surface area contributed by atoms with Gasteiger partial charge in [0.1, 0.15) is 5.69 Å². The summed E-state index contributed by atoms with van der Waals surface area (Å²) in [7, 11) is 0. The second kappa shape index (κ2) is 4.58. The molecule has 0 fully saturated rings. The highest BCUT2D eigenvalue weighted by Crippen LogP contribution is 2.05. The number of aromatic amines is 1. The first-order chi connectivity index (χ1) is 7.78. The van der Waals surface area contributed by atoms with Crippen LogP contribution in [0.4, 0.5) is 5.95 Å². The van der Waals surface area contributed by atoms with Crippen LogP contribution in [0.2, 0.25) is 0 Å². The quantitative estimate of drug-likeness (QED) is 0.665. The SMILES string of the molecule is O=c1ccnc(NCc2cc(CO)no2)[nH]1. The van der Waals surface area contributed by atoms with E-state index >= 15 is 0 Å². The molecule has 0 amide bonds. The van der Waals surface area contributed by atoms with Crippen LogP contribution < -0.4 is 10.9 Å². The monoisotopic (exact) mass is 222 g/mol. The van der Waals surface area contributed by atoms with Gasteiger partial charge >= 0.3 is 0 Å². The standard InChI is InChI=1S/C9H10N4O3/c14-5-6-3-7(16-13-6)4-11-9-10-2-1-8(15)12-9/h1-3,14H,4-5H2,(H2,10,11,12,15). The predicted molar refractivity (Wildman–Crippen MR) is 54.6 cm³/mol. The smallest absolute Gasteiger partial charge is 0.252 e. The van der Waals surface area contributed by atoms with Crippen molar-refractivity contribution in [1.82, 2.24) is 15.1 Å². The Morgan fingerprint density at radius 2 is 2.44 bits per heavy atom. The van der Waals surface area contributed by atoms with Gasteiger partial charge in [-0.05, 0) is 0 Å². The van der Waals surface area contributed by atoms with Crippen molar-refractivity contribution in [3.05, 3.63) is 40.1 Å². The zero-order valence-electron chi connectivity index (χ0n) is 8.30. The van der Waals surface area contributed by atoms with Gasteiger partial charge in [-0.2, -0.15) is 0 Å². The van der Waals surface area contributed by atoms with Crippen molar-refractivity contribution in [2.75, 3.05) is 5.32 Å². The Morgan fingerprint density at radius 1 is 1.56 bits per heavy atom. The third-order valence-corrected chi connectivity index (χ3v) is 1.87. The molecule has 3 N–H and O–H groups in total. The van der Waals surface area contributed by atoms with Crippen molar-refractivity contribution in [3.8, 4) is 0 Å². The number of hydrogen-bond donors (Lipinski definition) is 3. The average molecular weight is 222 g/mol. The van der Waals surface area contributed by atoms with E-state index in [4.69, 9.17) is 9.63 Å². The molecule has 0 aliphatic carbocycles. The second-order valence-corrected chi connectivity index (χ2v) is 3.08. The first-order valence-electron chi connectivity index (χ1n) is 4.62. The van der Waals surface area contributed by atoms with Crippen LogP contribution in [0.25, 0.3) is 0 Å². The maximum absolute atomic E-state index is 10.9. The van der Waals surface area contributed by atoms with E-state index in [-0.39, 0.29) is 12.2 Å². The van der Waals surface area contributed by atoms with Crippen molar-refractivity contribution in [1.29, 1.82) is 0 Å². The lowest BCUT2D eigenvalue weighted by Crippen LogP contribution is -2.10. The Balaban J connectivity index is 1.99. The number of anilines is 1. The van der Waals surface area contributed by atoms with Crippen LogP contribution in [0, 0.1) is 0 Å². The van der Waals surface area contributed by atoms with Crippen LogP contribution in [0.5, 0.6) is 0 Å². The summed E-state index contributed by atoms with van der Waals surface area (Å²) in [6.07, 6.45) is 1.40. The highest BCUT2D eigenvalue weighted by molar-refractivity contribution is 5.23. The number of rotatable bonds is 4. The number of hydrogen-bond acceptors (Lipinski definition) is 6. The van der Waals surface area contributed by atoms with Crippen molar-refractivity contribution in [3.63, 3.8) is 0 Å². The molecule has 7 heteroatoms. The zero-order valence-corrected chi connectivity index (χ0v) is 8.30. The minimum absolute atomic E-state index is 0.163. The second-order valence-electron chi connectivity index (χ2n) is 3.08. The lowest BCUT2D eigenvalue weighted by Gasteiger charge is -2.00. The number of aliphatic hydroxyl groups is 1. The first-order valence-corrected chi connectivity index (χ1v) is 4.62. The fraction of sp³-hybridized carbons (Fsp3) is 0.222. The fourth-order valence-electron chi connectivity index (χ4n) is 1.14. The van der Waals surface area contributed by atoms with Crippen molar-refractivity contribution in [2.45, 2.75) is 13.2 Å². The molecular formula is C9H10N4O3. The molecule has 0 aliphatic heterocycles. The van der Waals surface area contributed by atoms with Crippen LogP contribution in [-0.4, -0.2) is 20.2 Å². The minimum Gasteiger partial charge on any atom is -0.390 e. The minimum atomic E-state index is -0.230. The summed E-state index contributed by atoms with van der Waals surface area (Å²) >= 11 is 0. The Kier molecular flexibility index (Phi) is 2.97. The van der Waals surface area contributed by atoms with Gasteiger partial charge in [-0.25, -0.2) is 4.98 Å². The number of nitrogens with one attached hydrogen (secondary N) is 2. The molecule has 0 radical (unpaired) electrons. The summed E-state index contributed by atoms with van der Waals surface area (Å²) in [5, 5.41) is 15.2. The molecule has 0 spiro atoms. The molecule has 0 atom stereocenters. The van der Waals surface area contributed by atoms with Crippen LogP contribution in [0.1, 0.15) is 11.5 Å². The van der Waals surface area contributed by atoms with Gasteiger partial charge < -0.3 is 14.9 Å². The number of nitrogens with zero attached hydrogens (tertiary/aromatic N) is 2. The van der Waals surface area contributed by atoms with Gasteiger partial charge in [0, 0.05) is 18.3 Å². The van der Waals surface area contributed by atoms with Crippen LogP contribution >= 0.6 is 0 Å². The molecule has 2 heterocycles. The molecule has 84 valence electrons. The first kappa shape index (κ1) is 10.4. The molecule has 0 aromatic carbocycles. The summed E-state index contributed by atoms with van der Waals surface area (Å²) < 4.78 is 4.92. The van der Waals surface area contributed by atoms with Gasteiger partial charge in [0.05, 0.1) is 13.2 Å². The normalized spacial score (nSPS) is 10.3. The van der Waals surface area contributed by atoms with E-state index in [1.165, 1.54) is 12.3 Å². The van der Waals surface area contributed by atoms with Crippen LogP contribution in [-0.2, 0) is 13.2 Å². The lowest BCUT2D eigenvalue weighted by molar-refractivity contribution is 0.265. The zero-order chi connectivity index (χ0) is 11.4. The molecule has 16 heavy (non-hydrogen) atoms. The summed E-state index contributed by atoms with van der Waals surface area (Å²) in [6.45, 7) is 0.171. The maximum Gasteiger partial charge on any atom is 0.252 e. The van der Waals surface area contributed by atoms with Gasteiger partial charge in [0.2, 0.25) is 5.95 Å². The van der Waals surface area contributed by atoms with E-state index in [9.17, 15) is 4.79 Å². The third kappa shape index (κ3) is 2.45. The van der Waals surface area contributed by atoms with E-state index < -0.39 is 0 Å². The number of aromatic nitrogens is 3. The molecule has 2 rings (SSSR count). The van der Waals surface area contributed by atoms with Gasteiger partial charge in [-0.1, -0.05) is 5.16 Å². The molecule has 0 saturated carbocycles. The van der Waals surface area contributed by atoms with E-state index in [0.717, 1.165) is 0 Å². The van der Waals surface area contributed by atoms with Crippen molar-refractivity contribution >= 4 is 5.95 Å². The van der Waals surface area contributed by atoms with Gasteiger partial charge in [0.15, 0.2) is 5.76 Å². The largest absolute Gasteiger partial charge is 0.390 e. The molecule has 2 aromatic rings. The number of H-pyrrole nitrogens is 1. The van der Waals surface area contributed by atoms with Gasteiger partial charge in [-0.15, -0.1) is 0 Å². The van der Waals surface area contributed by atoms with Crippen LogP contribution in [0.15, 0.2) is 27.6 Å². The Labute approximate surface area is 90.1 Å². The molecule has 0 unspecified atom stereocenters. The summed E-state index contributed by atoms with van der Waals surface area (Å²) in [4.78, 5) is 17.4. The topological polar surface area (TPSA) is 104 Å². The summed E-state index contributed by atoms with van der Waals surface area (Å²) in [5.74, 6) is 0.907. The van der Waals surface area contributed by atoms with Crippen LogP contribution in [0.3, 0.4) is 0 Å². The van der Waals surface area contributed by atoms with Crippen molar-refractivity contribution < 1.29 is 9.63 Å². The predicted octanol–water partition coefficient (Wildman–Crippen LogP) is -0.138. The van der Waals surface area contributed by atoms with Gasteiger partial charge in [-0.3, -0.25) is 9.78 Å². The van der Waals surface area contributed by atoms with E-state index in [0.29, 0.717) is 23.9 Å². The van der Waals surface area contributed by atoms with Gasteiger partial charge in [0.25, 0.3) is 5.56 Å². The Bertz CT molecular complexity index is 519. The Hall–Kier alpha value is -2.15. The average Bonchev–Trinajstić information content (AvgIpc) is 2.74. The van der Waals surface area contributed by atoms with E-state index in [1.807, 2.05) is 0 Å². The highest BCUT2D eigenvalue weighted by atomic mass is 16.5. The number of aliphatic hydroxyl groups excluding tert-OH is 1. The maximum atomic E-state index is 10.9. The molecule has 0 aliphatic rings. The third-order valence-electron chi connectivity index (χ3n) is 1.87. The van der Waals surface area contributed by atoms with E-state index in [1.54, 1.807) is 6.07 Å². The molecular weight excluding hydrogens is 212 g/mol. The fourth-order valence-corrected chi connectivity index (χ4v) is 1.14. The molecule has 7 nitrogen and oxygen atoms in total. The Morgan fingerprint density at radius 3 is 3.12 bits per heavy atom.